The van der Waals surface area contributed by atoms with Crippen molar-refractivity contribution in [2.75, 3.05) is 19.6 Å². The molecule has 0 radical (unpaired) electrons. The average Bonchev–Trinajstić information content (AvgIpc) is 2.27. The largest absolute Gasteiger partial charge is 0.331 e. The van der Waals surface area contributed by atoms with Crippen molar-refractivity contribution in [2.24, 2.45) is 0 Å². The lowest BCUT2D eigenvalue weighted by Crippen LogP contribution is -2.59. The van der Waals surface area contributed by atoms with E-state index in [1.807, 2.05) is 29.2 Å². The van der Waals surface area contributed by atoms with Gasteiger partial charge in [0.15, 0.2) is 0 Å². The van der Waals surface area contributed by atoms with Crippen LogP contribution in [0.15, 0.2) is 24.3 Å². The summed E-state index contributed by atoms with van der Waals surface area (Å²) in [5.74, 6) is 0.134. The van der Waals surface area contributed by atoms with Crippen LogP contribution in [0.2, 0.25) is 0 Å². The number of nitrogens with one attached hydrogen (secondary N) is 1. The van der Waals surface area contributed by atoms with Crippen molar-refractivity contribution >= 4 is 28.5 Å². The third-order valence-electron chi connectivity index (χ3n) is 3.12. The Morgan fingerprint density at radius 1 is 1.47 bits per heavy atom. The molecule has 1 aromatic rings. The minimum Gasteiger partial charge on any atom is -0.331 e. The van der Waals surface area contributed by atoms with Gasteiger partial charge < -0.3 is 10.2 Å². The number of carbonyl (C=O) groups is 1. The smallest absolute Gasteiger partial charge is 0.254 e. The van der Waals surface area contributed by atoms with Gasteiger partial charge in [0.1, 0.15) is 0 Å². The molecule has 1 N–H and O–H groups in total. The third-order valence-corrected chi connectivity index (χ3v) is 3.79. The van der Waals surface area contributed by atoms with Crippen molar-refractivity contribution in [1.29, 1.82) is 0 Å². The maximum atomic E-state index is 12.5. The van der Waals surface area contributed by atoms with E-state index >= 15 is 0 Å². The van der Waals surface area contributed by atoms with E-state index in [1.165, 1.54) is 0 Å². The fraction of sp³-hybridized carbons (Fsp3) is 0.462. The number of halogens is 1. The highest BCUT2D eigenvalue weighted by molar-refractivity contribution is 14.1. The number of benzene rings is 1. The molecule has 1 fully saturated rings. The van der Waals surface area contributed by atoms with E-state index in [0.29, 0.717) is 0 Å². The average molecular weight is 344 g/mol. The summed E-state index contributed by atoms with van der Waals surface area (Å²) in [6.45, 7) is 6.70. The molecule has 1 aliphatic rings. The van der Waals surface area contributed by atoms with Gasteiger partial charge in [-0.15, -0.1) is 0 Å². The quantitative estimate of drug-likeness (QED) is 0.792. The molecule has 3 nitrogen and oxygen atoms in total. The predicted octanol–water partition coefficient (Wildman–Crippen LogP) is 2.12. The Bertz CT molecular complexity index is 431. The highest BCUT2D eigenvalue weighted by Crippen LogP contribution is 2.20. The summed E-state index contributed by atoms with van der Waals surface area (Å²) in [5, 5.41) is 3.33. The fourth-order valence-electron chi connectivity index (χ4n) is 2.14. The Balaban J connectivity index is 2.25. The first-order valence-corrected chi connectivity index (χ1v) is 6.87. The van der Waals surface area contributed by atoms with E-state index in [-0.39, 0.29) is 11.4 Å². The summed E-state index contributed by atoms with van der Waals surface area (Å²) in [7, 11) is 0. The highest BCUT2D eigenvalue weighted by Gasteiger charge is 2.33. The fourth-order valence-corrected chi connectivity index (χ4v) is 2.68. The van der Waals surface area contributed by atoms with Gasteiger partial charge in [0.25, 0.3) is 5.91 Å². The van der Waals surface area contributed by atoms with Gasteiger partial charge in [-0.1, -0.05) is 6.07 Å². The third kappa shape index (κ3) is 2.80. The van der Waals surface area contributed by atoms with Crippen molar-refractivity contribution in [3.8, 4) is 0 Å². The molecule has 2 rings (SSSR count). The van der Waals surface area contributed by atoms with Crippen molar-refractivity contribution in [3.05, 3.63) is 33.4 Å². The van der Waals surface area contributed by atoms with Crippen LogP contribution in [-0.4, -0.2) is 36.0 Å². The number of carbonyl (C=O) groups excluding carboxylic acids is 1. The number of amides is 1. The molecule has 0 saturated carbocycles. The molecule has 1 heterocycles. The van der Waals surface area contributed by atoms with Crippen LogP contribution in [0.3, 0.4) is 0 Å². The maximum Gasteiger partial charge on any atom is 0.254 e. The predicted molar refractivity (Wildman–Crippen MR) is 77.1 cm³/mol. The van der Waals surface area contributed by atoms with Crippen molar-refractivity contribution in [3.63, 3.8) is 0 Å². The number of hydrogen-bond acceptors (Lipinski definition) is 2. The van der Waals surface area contributed by atoms with Crippen LogP contribution in [0.1, 0.15) is 24.2 Å². The molecule has 0 unspecified atom stereocenters. The van der Waals surface area contributed by atoms with Crippen LogP contribution in [0.5, 0.6) is 0 Å². The van der Waals surface area contributed by atoms with Crippen LogP contribution in [0, 0.1) is 3.57 Å². The number of nitrogens with zero attached hydrogens (tertiary/aromatic N) is 1. The second-order valence-corrected chi connectivity index (χ2v) is 6.20. The normalized spacial score (nSPS) is 19.1. The van der Waals surface area contributed by atoms with Gasteiger partial charge in [0.05, 0.1) is 5.54 Å². The SMILES string of the molecule is CC1(C)CNCCN1C(=O)c1cccc(I)c1. The van der Waals surface area contributed by atoms with E-state index in [2.05, 4.69) is 41.8 Å². The van der Waals surface area contributed by atoms with Crippen molar-refractivity contribution < 1.29 is 4.79 Å². The van der Waals surface area contributed by atoms with E-state index in [9.17, 15) is 4.79 Å². The van der Waals surface area contributed by atoms with Gasteiger partial charge in [-0.3, -0.25) is 4.79 Å². The lowest BCUT2D eigenvalue weighted by molar-refractivity contribution is 0.0477. The zero-order valence-electron chi connectivity index (χ0n) is 10.2. The topological polar surface area (TPSA) is 32.3 Å². The molecular weight excluding hydrogens is 327 g/mol. The molecule has 0 spiro atoms. The second kappa shape index (κ2) is 4.94. The Kier molecular flexibility index (Phi) is 3.73. The van der Waals surface area contributed by atoms with E-state index < -0.39 is 0 Å². The molecule has 1 aliphatic heterocycles. The van der Waals surface area contributed by atoms with Gasteiger partial charge in [0, 0.05) is 28.8 Å². The summed E-state index contributed by atoms with van der Waals surface area (Å²) in [6, 6.07) is 7.77. The van der Waals surface area contributed by atoms with Crippen LogP contribution in [0.25, 0.3) is 0 Å². The molecule has 4 heteroatoms. The number of piperazine rings is 1. The minimum atomic E-state index is -0.114. The van der Waals surface area contributed by atoms with Gasteiger partial charge in [0.2, 0.25) is 0 Å². The molecular formula is C13H17IN2O. The molecule has 0 aliphatic carbocycles. The molecule has 0 bridgehead atoms. The summed E-state index contributed by atoms with van der Waals surface area (Å²) in [4.78, 5) is 14.4. The van der Waals surface area contributed by atoms with E-state index in [1.54, 1.807) is 0 Å². The molecule has 0 atom stereocenters. The monoisotopic (exact) mass is 344 g/mol. The van der Waals surface area contributed by atoms with Gasteiger partial charge in [-0.05, 0) is 54.6 Å². The van der Waals surface area contributed by atoms with Crippen LogP contribution >= 0.6 is 22.6 Å². The van der Waals surface area contributed by atoms with E-state index in [4.69, 9.17) is 0 Å². The molecule has 17 heavy (non-hydrogen) atoms. The van der Waals surface area contributed by atoms with Gasteiger partial charge in [-0.25, -0.2) is 0 Å². The Morgan fingerprint density at radius 3 is 2.88 bits per heavy atom. The van der Waals surface area contributed by atoms with Crippen LogP contribution in [-0.2, 0) is 0 Å². The van der Waals surface area contributed by atoms with Crippen LogP contribution < -0.4 is 5.32 Å². The van der Waals surface area contributed by atoms with Gasteiger partial charge in [-0.2, -0.15) is 0 Å². The zero-order valence-corrected chi connectivity index (χ0v) is 12.3. The van der Waals surface area contributed by atoms with E-state index in [0.717, 1.165) is 28.8 Å². The van der Waals surface area contributed by atoms with Crippen molar-refractivity contribution in [1.82, 2.24) is 10.2 Å². The molecule has 0 aromatic heterocycles. The molecule has 1 saturated heterocycles. The Hall–Kier alpha value is -0.620. The maximum absolute atomic E-state index is 12.5. The Labute approximate surface area is 116 Å². The summed E-state index contributed by atoms with van der Waals surface area (Å²) in [6.07, 6.45) is 0. The highest BCUT2D eigenvalue weighted by atomic mass is 127. The number of hydrogen-bond donors (Lipinski definition) is 1. The van der Waals surface area contributed by atoms with Crippen LogP contribution in [0.4, 0.5) is 0 Å². The van der Waals surface area contributed by atoms with Crippen molar-refractivity contribution in [2.45, 2.75) is 19.4 Å². The first-order valence-electron chi connectivity index (χ1n) is 5.79. The number of rotatable bonds is 1. The zero-order chi connectivity index (χ0) is 12.5. The summed E-state index contributed by atoms with van der Waals surface area (Å²) < 4.78 is 1.10. The lowest BCUT2D eigenvalue weighted by atomic mass is 9.99. The first kappa shape index (κ1) is 12.8. The van der Waals surface area contributed by atoms with Gasteiger partial charge >= 0.3 is 0 Å². The molecule has 1 aromatic carbocycles. The Morgan fingerprint density at radius 2 is 2.24 bits per heavy atom. The second-order valence-electron chi connectivity index (χ2n) is 4.96. The minimum absolute atomic E-state index is 0.114. The lowest BCUT2D eigenvalue weighted by Gasteiger charge is -2.42. The summed E-state index contributed by atoms with van der Waals surface area (Å²) in [5.41, 5.74) is 0.670. The summed E-state index contributed by atoms with van der Waals surface area (Å²) >= 11 is 2.24. The first-order chi connectivity index (χ1) is 8.00. The standard InChI is InChI=1S/C13H17IN2O/c1-13(2)9-15-6-7-16(13)12(17)10-4-3-5-11(14)8-10/h3-5,8,15H,6-7,9H2,1-2H3. The molecule has 1 amide bonds. The molecule has 92 valence electrons.